The van der Waals surface area contributed by atoms with Gasteiger partial charge in [0.1, 0.15) is 12.2 Å². The molecule has 1 saturated heterocycles. The average Bonchev–Trinajstić information content (AvgIpc) is 2.74. The van der Waals surface area contributed by atoms with Crippen LogP contribution in [0.5, 0.6) is 0 Å². The number of hydrogen-bond donors (Lipinski definition) is 1. The first kappa shape index (κ1) is 14.7. The summed E-state index contributed by atoms with van der Waals surface area (Å²) in [6.45, 7) is 6.48. The van der Waals surface area contributed by atoms with Gasteiger partial charge in [-0.05, 0) is 26.8 Å². The molecule has 1 fully saturated rings. The molecule has 1 N–H and O–H groups in total. The van der Waals surface area contributed by atoms with Gasteiger partial charge >= 0.3 is 0 Å². The smallest absolute Gasteiger partial charge is 0.137 e. The summed E-state index contributed by atoms with van der Waals surface area (Å²) >= 11 is 0. The normalized spacial score (nSPS) is 19.8. The molecule has 1 atom stereocenters. The highest BCUT2D eigenvalue weighted by atomic mass is 35.5. The predicted molar refractivity (Wildman–Crippen MR) is 65.1 cm³/mol. The van der Waals surface area contributed by atoms with E-state index >= 15 is 0 Å². The molecule has 1 unspecified atom stereocenters. The van der Waals surface area contributed by atoms with Crippen molar-refractivity contribution in [2.75, 3.05) is 13.1 Å². The molecule has 6 heteroatoms. The van der Waals surface area contributed by atoms with Crippen LogP contribution in [-0.2, 0) is 0 Å². The lowest BCUT2D eigenvalue weighted by molar-refractivity contribution is 0.537. The highest BCUT2D eigenvalue weighted by molar-refractivity contribution is 5.85. The van der Waals surface area contributed by atoms with E-state index in [0.29, 0.717) is 12.0 Å². The highest BCUT2D eigenvalue weighted by Crippen LogP contribution is 2.22. The second-order valence-electron chi connectivity index (χ2n) is 3.88. The van der Waals surface area contributed by atoms with Gasteiger partial charge in [0.15, 0.2) is 0 Å². The van der Waals surface area contributed by atoms with Crippen molar-refractivity contribution in [1.82, 2.24) is 20.1 Å². The Morgan fingerprint density at radius 3 is 2.73 bits per heavy atom. The lowest BCUT2D eigenvalue weighted by Gasteiger charge is -2.13. The molecule has 0 aromatic carbocycles. The zero-order valence-corrected chi connectivity index (χ0v) is 10.6. The molecular formula is C9H18Cl2N4. The molecule has 0 amide bonds. The van der Waals surface area contributed by atoms with Crippen LogP contribution in [0.15, 0.2) is 6.33 Å². The molecule has 2 rings (SSSR count). The summed E-state index contributed by atoms with van der Waals surface area (Å²) in [6, 6.07) is 0.464. The van der Waals surface area contributed by atoms with Crippen LogP contribution in [0.4, 0.5) is 0 Å². The fourth-order valence-electron chi connectivity index (χ4n) is 1.82. The zero-order chi connectivity index (χ0) is 9.26. The summed E-state index contributed by atoms with van der Waals surface area (Å²) < 4.78 is 2.16. The van der Waals surface area contributed by atoms with E-state index in [2.05, 4.69) is 33.9 Å². The zero-order valence-electron chi connectivity index (χ0n) is 9.01. The maximum atomic E-state index is 4.19. The molecule has 0 spiro atoms. The van der Waals surface area contributed by atoms with Crippen molar-refractivity contribution in [2.45, 2.75) is 32.2 Å². The van der Waals surface area contributed by atoms with Crippen molar-refractivity contribution in [3.63, 3.8) is 0 Å². The quantitative estimate of drug-likeness (QED) is 0.873. The minimum absolute atomic E-state index is 0. The second kappa shape index (κ2) is 6.30. The van der Waals surface area contributed by atoms with Crippen molar-refractivity contribution in [2.24, 2.45) is 0 Å². The van der Waals surface area contributed by atoms with Gasteiger partial charge in [0.25, 0.3) is 0 Å². The van der Waals surface area contributed by atoms with E-state index in [1.807, 2.05) is 6.33 Å². The fourth-order valence-corrected chi connectivity index (χ4v) is 1.82. The summed E-state index contributed by atoms with van der Waals surface area (Å²) in [5.41, 5.74) is 0. The van der Waals surface area contributed by atoms with Crippen LogP contribution in [-0.4, -0.2) is 27.9 Å². The number of halogens is 2. The Kier molecular flexibility index (Phi) is 6.17. The Morgan fingerprint density at radius 2 is 2.20 bits per heavy atom. The van der Waals surface area contributed by atoms with Crippen molar-refractivity contribution < 1.29 is 0 Å². The van der Waals surface area contributed by atoms with Crippen molar-refractivity contribution in [3.05, 3.63) is 12.2 Å². The van der Waals surface area contributed by atoms with Gasteiger partial charge in [0.05, 0.1) is 0 Å². The number of rotatable bonds is 2. The molecule has 1 aliphatic rings. The van der Waals surface area contributed by atoms with Crippen LogP contribution in [0, 0.1) is 0 Å². The van der Waals surface area contributed by atoms with Gasteiger partial charge < -0.3 is 9.88 Å². The maximum Gasteiger partial charge on any atom is 0.137 e. The third-order valence-electron chi connectivity index (χ3n) is 2.58. The van der Waals surface area contributed by atoms with Gasteiger partial charge in [-0.2, -0.15) is 0 Å². The van der Waals surface area contributed by atoms with Crippen LogP contribution in [0.3, 0.4) is 0 Å². The molecule has 0 saturated carbocycles. The fraction of sp³-hybridized carbons (Fsp3) is 0.778. The third kappa shape index (κ3) is 3.06. The molecule has 0 aliphatic carbocycles. The Hall–Kier alpha value is -0.320. The van der Waals surface area contributed by atoms with Gasteiger partial charge in [-0.15, -0.1) is 35.0 Å². The highest BCUT2D eigenvalue weighted by Gasteiger charge is 2.22. The Labute approximate surface area is 103 Å². The molecule has 1 aromatic heterocycles. The van der Waals surface area contributed by atoms with E-state index in [-0.39, 0.29) is 24.8 Å². The largest absolute Gasteiger partial charge is 0.316 e. The molecule has 88 valence electrons. The molecule has 15 heavy (non-hydrogen) atoms. The van der Waals surface area contributed by atoms with Gasteiger partial charge in [0, 0.05) is 18.5 Å². The van der Waals surface area contributed by atoms with Crippen LogP contribution in [0.25, 0.3) is 0 Å². The third-order valence-corrected chi connectivity index (χ3v) is 2.58. The summed E-state index contributed by atoms with van der Waals surface area (Å²) in [4.78, 5) is 0. The topological polar surface area (TPSA) is 42.7 Å². The standard InChI is InChI=1S/C9H16N4.2ClH/c1-7(2)13-6-11-12-9(13)8-3-4-10-5-8;;/h6-8,10H,3-5H2,1-2H3;2*1H. The molecule has 1 aromatic rings. The molecule has 2 heterocycles. The van der Waals surface area contributed by atoms with E-state index in [4.69, 9.17) is 0 Å². The number of hydrogen-bond acceptors (Lipinski definition) is 3. The number of aromatic nitrogens is 3. The first-order valence-electron chi connectivity index (χ1n) is 4.89. The molecule has 4 nitrogen and oxygen atoms in total. The number of nitrogens with zero attached hydrogens (tertiary/aromatic N) is 3. The minimum atomic E-state index is 0. The van der Waals surface area contributed by atoms with E-state index in [9.17, 15) is 0 Å². The lowest BCUT2D eigenvalue weighted by Crippen LogP contribution is -2.13. The van der Waals surface area contributed by atoms with Crippen molar-refractivity contribution >= 4 is 24.8 Å². The van der Waals surface area contributed by atoms with Gasteiger partial charge in [-0.25, -0.2) is 0 Å². The predicted octanol–water partition coefficient (Wildman–Crippen LogP) is 1.78. The summed E-state index contributed by atoms with van der Waals surface area (Å²) in [7, 11) is 0. The first-order valence-corrected chi connectivity index (χ1v) is 4.89. The van der Waals surface area contributed by atoms with Crippen LogP contribution in [0.2, 0.25) is 0 Å². The first-order chi connectivity index (χ1) is 6.29. The summed E-state index contributed by atoms with van der Waals surface area (Å²) in [6.07, 6.45) is 3.02. The number of nitrogens with one attached hydrogen (secondary N) is 1. The van der Waals surface area contributed by atoms with Crippen LogP contribution < -0.4 is 5.32 Å². The van der Waals surface area contributed by atoms with Gasteiger partial charge in [0.2, 0.25) is 0 Å². The summed E-state index contributed by atoms with van der Waals surface area (Å²) in [5.74, 6) is 1.70. The Balaban J connectivity index is 0.000000980. The van der Waals surface area contributed by atoms with Crippen LogP contribution in [0.1, 0.15) is 38.1 Å². The SMILES string of the molecule is CC(C)n1cnnc1C1CCNC1.Cl.Cl. The van der Waals surface area contributed by atoms with Crippen molar-refractivity contribution in [1.29, 1.82) is 0 Å². The second-order valence-corrected chi connectivity index (χ2v) is 3.88. The van der Waals surface area contributed by atoms with E-state index in [0.717, 1.165) is 18.9 Å². The monoisotopic (exact) mass is 252 g/mol. The van der Waals surface area contributed by atoms with Gasteiger partial charge in [-0.3, -0.25) is 0 Å². The minimum Gasteiger partial charge on any atom is -0.316 e. The van der Waals surface area contributed by atoms with E-state index < -0.39 is 0 Å². The lowest BCUT2D eigenvalue weighted by atomic mass is 10.1. The summed E-state index contributed by atoms with van der Waals surface area (Å²) in [5, 5.41) is 11.5. The average molecular weight is 253 g/mol. The Bertz CT molecular complexity index is 281. The molecule has 0 radical (unpaired) electrons. The van der Waals surface area contributed by atoms with Crippen LogP contribution >= 0.6 is 24.8 Å². The molecule has 0 bridgehead atoms. The molecular weight excluding hydrogens is 235 g/mol. The Morgan fingerprint density at radius 1 is 1.47 bits per heavy atom. The maximum absolute atomic E-state index is 4.19. The van der Waals surface area contributed by atoms with Crippen molar-refractivity contribution in [3.8, 4) is 0 Å². The van der Waals surface area contributed by atoms with E-state index in [1.54, 1.807) is 0 Å². The van der Waals surface area contributed by atoms with E-state index in [1.165, 1.54) is 6.42 Å². The van der Waals surface area contributed by atoms with Gasteiger partial charge in [-0.1, -0.05) is 0 Å². The molecule has 1 aliphatic heterocycles.